The van der Waals surface area contributed by atoms with E-state index in [1.54, 1.807) is 11.3 Å². The van der Waals surface area contributed by atoms with Gasteiger partial charge >= 0.3 is 0 Å². The Labute approximate surface area is 196 Å². The maximum Gasteiger partial charge on any atom is 0.231 e. The molecule has 3 aromatic rings. The highest BCUT2D eigenvalue weighted by atomic mass is 35.5. The molecule has 1 atom stereocenters. The largest absolute Gasteiger partial charge is 0.454 e. The molecule has 0 radical (unpaired) electrons. The van der Waals surface area contributed by atoms with Crippen molar-refractivity contribution in [3.8, 4) is 11.5 Å². The number of halogens is 1. The molecule has 166 valence electrons. The van der Waals surface area contributed by atoms with Crippen LogP contribution < -0.4 is 14.8 Å². The van der Waals surface area contributed by atoms with Gasteiger partial charge in [0.1, 0.15) is 0 Å². The number of ether oxygens (including phenoxy) is 3. The van der Waals surface area contributed by atoms with Crippen molar-refractivity contribution in [2.75, 3.05) is 38.4 Å². The van der Waals surface area contributed by atoms with Crippen molar-refractivity contribution in [3.63, 3.8) is 0 Å². The lowest BCUT2D eigenvalue weighted by Crippen LogP contribution is -2.39. The molecule has 1 aliphatic carbocycles. The average molecular weight is 470 g/mol. The van der Waals surface area contributed by atoms with E-state index in [4.69, 9.17) is 30.8 Å². The smallest absolute Gasteiger partial charge is 0.231 e. The topological polar surface area (TPSA) is 55.9 Å². The van der Waals surface area contributed by atoms with Gasteiger partial charge in [-0.25, -0.2) is 4.98 Å². The van der Waals surface area contributed by atoms with Crippen LogP contribution in [-0.2, 0) is 10.3 Å². The molecule has 1 saturated heterocycles. The molecular formula is C24H24ClN3O3S. The lowest BCUT2D eigenvalue weighted by molar-refractivity contribution is 0.0245. The fourth-order valence-electron chi connectivity index (χ4n) is 4.52. The molecule has 3 heterocycles. The minimum Gasteiger partial charge on any atom is -0.454 e. The molecule has 8 heteroatoms. The number of fused-ring (bicyclic) bond motifs is 1. The summed E-state index contributed by atoms with van der Waals surface area (Å²) in [5, 5.41) is 5.42. The molecule has 2 aliphatic heterocycles. The van der Waals surface area contributed by atoms with Crippen LogP contribution in [0.4, 0.5) is 5.13 Å². The van der Waals surface area contributed by atoms with Gasteiger partial charge in [-0.3, -0.25) is 4.90 Å². The first-order chi connectivity index (χ1) is 15.7. The number of morpholine rings is 1. The summed E-state index contributed by atoms with van der Waals surface area (Å²) in [6, 6.07) is 14.5. The van der Waals surface area contributed by atoms with Crippen LogP contribution in [0.3, 0.4) is 0 Å². The van der Waals surface area contributed by atoms with Crippen molar-refractivity contribution in [3.05, 3.63) is 69.7 Å². The molecule has 6 rings (SSSR count). The Morgan fingerprint density at radius 1 is 1.03 bits per heavy atom. The number of aromatic nitrogens is 1. The van der Waals surface area contributed by atoms with E-state index in [0.717, 1.165) is 60.8 Å². The van der Waals surface area contributed by atoms with Gasteiger partial charge in [0.2, 0.25) is 6.79 Å². The van der Waals surface area contributed by atoms with Gasteiger partial charge in [0.05, 0.1) is 24.8 Å². The van der Waals surface area contributed by atoms with E-state index in [9.17, 15) is 0 Å². The van der Waals surface area contributed by atoms with Crippen molar-refractivity contribution in [1.82, 2.24) is 9.88 Å². The van der Waals surface area contributed by atoms with Gasteiger partial charge in [0.25, 0.3) is 0 Å². The van der Waals surface area contributed by atoms with E-state index in [0.29, 0.717) is 6.79 Å². The molecule has 0 spiro atoms. The van der Waals surface area contributed by atoms with E-state index in [1.165, 1.54) is 16.0 Å². The van der Waals surface area contributed by atoms with Gasteiger partial charge in [0, 0.05) is 29.2 Å². The van der Waals surface area contributed by atoms with E-state index < -0.39 is 0 Å². The molecular weight excluding hydrogens is 446 g/mol. The second kappa shape index (κ2) is 8.23. The summed E-state index contributed by atoms with van der Waals surface area (Å²) in [6.45, 7) is 3.59. The molecule has 1 N–H and O–H groups in total. The second-order valence-corrected chi connectivity index (χ2v) is 9.94. The minimum absolute atomic E-state index is 0.0785. The third kappa shape index (κ3) is 3.83. The summed E-state index contributed by atoms with van der Waals surface area (Å²) in [7, 11) is 0. The Hall–Kier alpha value is -2.32. The lowest BCUT2D eigenvalue weighted by Gasteiger charge is -2.34. The zero-order chi connectivity index (χ0) is 21.5. The quantitative estimate of drug-likeness (QED) is 0.545. The summed E-state index contributed by atoms with van der Waals surface area (Å²) >= 11 is 7.88. The highest BCUT2D eigenvalue weighted by Crippen LogP contribution is 2.51. The fourth-order valence-corrected chi connectivity index (χ4v) is 5.72. The first-order valence-electron chi connectivity index (χ1n) is 10.9. The highest BCUT2D eigenvalue weighted by molar-refractivity contribution is 7.15. The first-order valence-corrected chi connectivity index (χ1v) is 12.1. The van der Waals surface area contributed by atoms with Crippen molar-refractivity contribution in [1.29, 1.82) is 0 Å². The molecule has 6 nitrogen and oxygen atoms in total. The molecule has 32 heavy (non-hydrogen) atoms. The van der Waals surface area contributed by atoms with Crippen LogP contribution in [-0.4, -0.2) is 43.0 Å². The van der Waals surface area contributed by atoms with E-state index in [2.05, 4.69) is 34.5 Å². The van der Waals surface area contributed by atoms with Gasteiger partial charge < -0.3 is 19.5 Å². The highest BCUT2D eigenvalue weighted by Gasteiger charge is 2.45. The lowest BCUT2D eigenvalue weighted by atomic mass is 10.0. The number of hydrogen-bond acceptors (Lipinski definition) is 7. The van der Waals surface area contributed by atoms with Crippen molar-refractivity contribution >= 4 is 28.1 Å². The van der Waals surface area contributed by atoms with E-state index in [1.807, 2.05) is 24.4 Å². The Morgan fingerprint density at radius 3 is 2.59 bits per heavy atom. The number of benzene rings is 2. The Morgan fingerprint density at radius 2 is 1.81 bits per heavy atom. The number of thiazole rings is 1. The number of hydrogen-bond donors (Lipinski definition) is 1. The maximum absolute atomic E-state index is 6.16. The zero-order valence-corrected chi connectivity index (χ0v) is 19.1. The van der Waals surface area contributed by atoms with Gasteiger partial charge in [-0.1, -0.05) is 29.8 Å². The fraction of sp³-hybridized carbons (Fsp3) is 0.375. The molecule has 2 fully saturated rings. The number of rotatable bonds is 6. The maximum atomic E-state index is 6.16. The standard InChI is InChI=1S/C24H24ClN3O3S/c25-18-4-1-16(2-5-18)22(28-9-11-29-12-10-28)21-14-26-23(32-21)27-24(7-8-24)17-3-6-19-20(13-17)31-15-30-19/h1-6,13-14,22H,7-12,15H2,(H,26,27). The summed E-state index contributed by atoms with van der Waals surface area (Å²) in [5.41, 5.74) is 2.37. The molecule has 0 bridgehead atoms. The normalized spacial score (nSPS) is 20.2. The summed E-state index contributed by atoms with van der Waals surface area (Å²) in [6.07, 6.45) is 4.16. The van der Waals surface area contributed by atoms with Gasteiger partial charge in [-0.05, 0) is 48.2 Å². The number of nitrogens with zero attached hydrogens (tertiary/aromatic N) is 2. The van der Waals surface area contributed by atoms with Crippen molar-refractivity contribution in [2.45, 2.75) is 24.4 Å². The minimum atomic E-state index is -0.0785. The Kier molecular flexibility index (Phi) is 5.22. The van der Waals surface area contributed by atoms with Gasteiger partial charge in [-0.15, -0.1) is 11.3 Å². The molecule has 2 aromatic carbocycles. The van der Waals surface area contributed by atoms with Crippen LogP contribution >= 0.6 is 22.9 Å². The third-order valence-electron chi connectivity index (χ3n) is 6.41. The van der Waals surface area contributed by atoms with Crippen LogP contribution in [0.5, 0.6) is 11.5 Å². The van der Waals surface area contributed by atoms with Crippen LogP contribution in [0.25, 0.3) is 0 Å². The van der Waals surface area contributed by atoms with Crippen LogP contribution in [0, 0.1) is 0 Å². The Bertz CT molecular complexity index is 1110. The average Bonchev–Trinajstić information content (AvgIpc) is 3.22. The predicted molar refractivity (Wildman–Crippen MR) is 125 cm³/mol. The van der Waals surface area contributed by atoms with Gasteiger partial charge in [-0.2, -0.15) is 0 Å². The third-order valence-corrected chi connectivity index (χ3v) is 7.63. The number of nitrogens with one attached hydrogen (secondary N) is 1. The molecule has 1 unspecified atom stereocenters. The first kappa shape index (κ1) is 20.3. The van der Waals surface area contributed by atoms with E-state index in [-0.39, 0.29) is 11.6 Å². The van der Waals surface area contributed by atoms with Crippen LogP contribution in [0.15, 0.2) is 48.7 Å². The van der Waals surface area contributed by atoms with Crippen molar-refractivity contribution < 1.29 is 14.2 Å². The molecule has 3 aliphatic rings. The van der Waals surface area contributed by atoms with Crippen LogP contribution in [0.2, 0.25) is 5.02 Å². The molecule has 1 aromatic heterocycles. The summed E-state index contributed by atoms with van der Waals surface area (Å²) < 4.78 is 16.6. The predicted octanol–water partition coefficient (Wildman–Crippen LogP) is 5.05. The molecule has 0 amide bonds. The van der Waals surface area contributed by atoms with Gasteiger partial charge in [0.15, 0.2) is 16.6 Å². The SMILES string of the molecule is Clc1ccc(C(c2cnc(NC3(c4ccc5c(c4)OCO5)CC3)s2)N2CCOCC2)cc1. The zero-order valence-electron chi connectivity index (χ0n) is 17.6. The monoisotopic (exact) mass is 469 g/mol. The summed E-state index contributed by atoms with van der Waals surface area (Å²) in [5.74, 6) is 1.64. The van der Waals surface area contributed by atoms with Crippen LogP contribution in [0.1, 0.15) is 34.9 Å². The molecule has 1 saturated carbocycles. The Balaban J connectivity index is 1.27. The van der Waals surface area contributed by atoms with E-state index >= 15 is 0 Å². The van der Waals surface area contributed by atoms with Crippen molar-refractivity contribution in [2.24, 2.45) is 0 Å². The number of anilines is 1. The summed E-state index contributed by atoms with van der Waals surface area (Å²) in [4.78, 5) is 8.45. The second-order valence-electron chi connectivity index (χ2n) is 8.45.